The highest BCUT2D eigenvalue weighted by Gasteiger charge is 2.19. The van der Waals surface area contributed by atoms with Gasteiger partial charge in [-0.2, -0.15) is 0 Å². The second-order valence-electron chi connectivity index (χ2n) is 22.3. The highest BCUT2D eigenvalue weighted by molar-refractivity contribution is 5.71. The lowest BCUT2D eigenvalue weighted by atomic mass is 10.0. The number of ether oxygens (including phenoxy) is 3. The Morgan fingerprint density at radius 3 is 0.850 bits per heavy atom. The van der Waals surface area contributed by atoms with E-state index in [1.165, 1.54) is 186 Å². The van der Waals surface area contributed by atoms with Gasteiger partial charge in [0.05, 0.1) is 0 Å². The third kappa shape index (κ3) is 64.9. The molecule has 0 saturated carbocycles. The summed E-state index contributed by atoms with van der Waals surface area (Å²) in [6, 6.07) is 0. The van der Waals surface area contributed by atoms with Gasteiger partial charge in [-0.15, -0.1) is 0 Å². The van der Waals surface area contributed by atoms with Crippen molar-refractivity contribution in [1.29, 1.82) is 0 Å². The van der Waals surface area contributed by atoms with Crippen LogP contribution in [0.4, 0.5) is 0 Å². The molecule has 0 rings (SSSR count). The highest BCUT2D eigenvalue weighted by Crippen LogP contribution is 2.17. The average Bonchev–Trinajstić information content (AvgIpc) is 3.46. The zero-order valence-corrected chi connectivity index (χ0v) is 52.6. The first-order chi connectivity index (χ1) is 39.5. The van der Waals surface area contributed by atoms with Gasteiger partial charge in [-0.05, 0) is 109 Å². The molecule has 0 fully saturated rings. The fourth-order valence-corrected chi connectivity index (χ4v) is 9.50. The Kier molecular flexibility index (Phi) is 64.3. The standard InChI is InChI=1S/C74H126O6/c1-4-7-10-13-16-19-22-25-27-29-31-32-33-34-35-36-37-38-39-40-41-42-43-45-46-49-52-55-58-61-64-67-73(76)79-70-71(69-78-72(75)66-63-60-57-54-51-48-24-21-18-15-12-9-6-3)80-74(77)68-65-62-59-56-53-50-47-44-30-28-26-23-20-17-14-11-8-5-2/h7,9-10,12,16,18-19,21,25,27-28,30-32,48,51,57,60,71H,4-6,8,11,13-15,17,20,22-24,26,29,33-47,49-50,52-56,58-59,61-70H2,1-3H3/b10-7-,12-9-,19-16-,21-18-,27-25-,30-28-,32-31-,51-48-,60-57-. The Morgan fingerprint density at radius 1 is 0.263 bits per heavy atom. The molecule has 0 aliphatic rings. The van der Waals surface area contributed by atoms with Crippen LogP contribution in [0.2, 0.25) is 0 Å². The van der Waals surface area contributed by atoms with Crippen LogP contribution in [-0.2, 0) is 28.6 Å². The van der Waals surface area contributed by atoms with Gasteiger partial charge in [-0.3, -0.25) is 14.4 Å². The van der Waals surface area contributed by atoms with Crippen LogP contribution in [0.5, 0.6) is 0 Å². The molecule has 0 N–H and O–H groups in total. The van der Waals surface area contributed by atoms with Crippen molar-refractivity contribution in [3.63, 3.8) is 0 Å². The van der Waals surface area contributed by atoms with Crippen LogP contribution in [-0.4, -0.2) is 37.2 Å². The lowest BCUT2D eigenvalue weighted by Crippen LogP contribution is -2.30. The Balaban J connectivity index is 4.24. The average molecular weight is 1110 g/mol. The number of carbonyl (C=O) groups is 3. The van der Waals surface area contributed by atoms with Crippen molar-refractivity contribution in [2.75, 3.05) is 13.2 Å². The van der Waals surface area contributed by atoms with Gasteiger partial charge in [0.15, 0.2) is 6.10 Å². The molecule has 0 aromatic heterocycles. The van der Waals surface area contributed by atoms with Crippen molar-refractivity contribution in [1.82, 2.24) is 0 Å². The van der Waals surface area contributed by atoms with Crippen molar-refractivity contribution in [2.45, 2.75) is 329 Å². The highest BCUT2D eigenvalue weighted by atomic mass is 16.6. The molecule has 0 bridgehead atoms. The summed E-state index contributed by atoms with van der Waals surface area (Å²) in [4.78, 5) is 38.3. The van der Waals surface area contributed by atoms with Crippen LogP contribution in [0.25, 0.3) is 0 Å². The summed E-state index contributed by atoms with van der Waals surface area (Å²) >= 11 is 0. The number of hydrogen-bond donors (Lipinski definition) is 0. The summed E-state index contributed by atoms with van der Waals surface area (Å²) in [6.45, 7) is 6.37. The molecule has 0 aromatic carbocycles. The van der Waals surface area contributed by atoms with E-state index in [1.54, 1.807) is 0 Å². The van der Waals surface area contributed by atoms with Crippen LogP contribution in [0, 0.1) is 0 Å². The van der Waals surface area contributed by atoms with E-state index in [2.05, 4.69) is 124 Å². The van der Waals surface area contributed by atoms with E-state index in [0.717, 1.165) is 89.9 Å². The van der Waals surface area contributed by atoms with Gasteiger partial charge in [0.2, 0.25) is 0 Å². The van der Waals surface area contributed by atoms with Gasteiger partial charge in [0, 0.05) is 19.3 Å². The molecular weight excluding hydrogens is 985 g/mol. The fraction of sp³-hybridized carbons (Fsp3) is 0.716. The molecule has 0 radical (unpaired) electrons. The van der Waals surface area contributed by atoms with Crippen LogP contribution in [0.3, 0.4) is 0 Å². The van der Waals surface area contributed by atoms with Gasteiger partial charge in [-0.25, -0.2) is 0 Å². The zero-order valence-electron chi connectivity index (χ0n) is 52.6. The fourth-order valence-electron chi connectivity index (χ4n) is 9.50. The van der Waals surface area contributed by atoms with Gasteiger partial charge in [0.25, 0.3) is 0 Å². The third-order valence-corrected chi connectivity index (χ3v) is 14.5. The lowest BCUT2D eigenvalue weighted by molar-refractivity contribution is -0.166. The van der Waals surface area contributed by atoms with Gasteiger partial charge in [-0.1, -0.05) is 304 Å². The van der Waals surface area contributed by atoms with Crippen LogP contribution >= 0.6 is 0 Å². The van der Waals surface area contributed by atoms with E-state index >= 15 is 0 Å². The van der Waals surface area contributed by atoms with E-state index in [9.17, 15) is 14.4 Å². The molecule has 0 spiro atoms. The largest absolute Gasteiger partial charge is 0.462 e. The maximum Gasteiger partial charge on any atom is 0.306 e. The summed E-state index contributed by atoms with van der Waals surface area (Å²) in [5.74, 6) is -0.978. The van der Waals surface area contributed by atoms with Crippen molar-refractivity contribution in [3.8, 4) is 0 Å². The Bertz CT molecular complexity index is 1610. The monoisotopic (exact) mass is 1110 g/mol. The minimum Gasteiger partial charge on any atom is -0.462 e. The lowest BCUT2D eigenvalue weighted by Gasteiger charge is -2.18. The molecule has 6 nitrogen and oxygen atoms in total. The van der Waals surface area contributed by atoms with Crippen LogP contribution in [0.1, 0.15) is 323 Å². The first-order valence-electron chi connectivity index (χ1n) is 33.9. The predicted molar refractivity (Wildman–Crippen MR) is 348 cm³/mol. The number of hydrogen-bond acceptors (Lipinski definition) is 6. The molecule has 1 atom stereocenters. The molecule has 0 aliphatic heterocycles. The van der Waals surface area contributed by atoms with Gasteiger partial charge < -0.3 is 14.2 Å². The maximum atomic E-state index is 12.9. The van der Waals surface area contributed by atoms with Crippen molar-refractivity contribution < 1.29 is 28.6 Å². The van der Waals surface area contributed by atoms with Crippen molar-refractivity contribution >= 4 is 17.9 Å². The summed E-state index contributed by atoms with van der Waals surface area (Å²) in [5, 5.41) is 0. The van der Waals surface area contributed by atoms with Crippen molar-refractivity contribution in [2.24, 2.45) is 0 Å². The smallest absolute Gasteiger partial charge is 0.306 e. The molecule has 0 heterocycles. The van der Waals surface area contributed by atoms with E-state index in [4.69, 9.17) is 14.2 Å². The molecule has 0 aromatic rings. The van der Waals surface area contributed by atoms with E-state index in [0.29, 0.717) is 19.3 Å². The summed E-state index contributed by atoms with van der Waals surface area (Å²) in [6.07, 6.45) is 92.8. The Morgan fingerprint density at radius 2 is 0.512 bits per heavy atom. The SMILES string of the molecule is CC/C=C\C/C=C\C/C=C\C/C=C\CCCCCCCCCCCCCCCCCCCCC(=O)OCC(COC(=O)CC/C=C\C/C=C\C/C=C\C/C=C\CC)OC(=O)CCCCCCCCC/C=C\CCCCCCCCC. The molecule has 0 amide bonds. The van der Waals surface area contributed by atoms with Crippen LogP contribution in [0.15, 0.2) is 109 Å². The molecule has 0 aliphatic carbocycles. The Labute approximate surface area is 495 Å². The molecule has 1 unspecified atom stereocenters. The summed E-state index contributed by atoms with van der Waals surface area (Å²) in [5.41, 5.74) is 0. The topological polar surface area (TPSA) is 78.9 Å². The van der Waals surface area contributed by atoms with Gasteiger partial charge in [0.1, 0.15) is 13.2 Å². The third-order valence-electron chi connectivity index (χ3n) is 14.5. The predicted octanol–water partition coefficient (Wildman–Crippen LogP) is 23.4. The van der Waals surface area contributed by atoms with E-state index in [1.807, 2.05) is 6.08 Å². The van der Waals surface area contributed by atoms with Crippen LogP contribution < -0.4 is 0 Å². The Hall–Kier alpha value is -3.93. The number of unbranched alkanes of at least 4 members (excludes halogenated alkanes) is 32. The van der Waals surface area contributed by atoms with E-state index in [-0.39, 0.29) is 37.5 Å². The second-order valence-corrected chi connectivity index (χ2v) is 22.3. The zero-order chi connectivity index (χ0) is 57.8. The number of allylic oxidation sites excluding steroid dienone is 18. The normalized spacial score (nSPS) is 12.8. The minimum absolute atomic E-state index is 0.0996. The molecular formula is C74H126O6. The quantitative estimate of drug-likeness (QED) is 0.0261. The minimum atomic E-state index is -0.810. The first-order valence-corrected chi connectivity index (χ1v) is 33.9. The maximum absolute atomic E-state index is 12.9. The first kappa shape index (κ1) is 76.1. The van der Waals surface area contributed by atoms with Crippen molar-refractivity contribution in [3.05, 3.63) is 109 Å². The van der Waals surface area contributed by atoms with E-state index < -0.39 is 6.10 Å². The molecule has 458 valence electrons. The molecule has 80 heavy (non-hydrogen) atoms. The number of esters is 3. The second kappa shape index (κ2) is 67.6. The molecule has 6 heteroatoms. The molecule has 0 saturated heterocycles. The summed E-state index contributed by atoms with van der Waals surface area (Å²) in [7, 11) is 0. The number of carbonyl (C=O) groups excluding carboxylic acids is 3. The van der Waals surface area contributed by atoms with Gasteiger partial charge >= 0.3 is 17.9 Å². The summed E-state index contributed by atoms with van der Waals surface area (Å²) < 4.78 is 16.9. The number of rotatable bonds is 61.